The van der Waals surface area contributed by atoms with E-state index < -0.39 is 30.1 Å². The lowest BCUT2D eigenvalue weighted by Crippen LogP contribution is -2.48. The van der Waals surface area contributed by atoms with Gasteiger partial charge in [-0.15, -0.1) is 5.10 Å². The van der Waals surface area contributed by atoms with Gasteiger partial charge in [-0.3, -0.25) is 15.2 Å². The average molecular weight is 542 g/mol. The van der Waals surface area contributed by atoms with Crippen molar-refractivity contribution in [1.82, 2.24) is 20.5 Å². The van der Waals surface area contributed by atoms with Gasteiger partial charge in [0.25, 0.3) is 11.9 Å². The first-order valence-electron chi connectivity index (χ1n) is 12.6. The number of nitrogens with zero attached hydrogens (tertiary/aromatic N) is 2. The minimum absolute atomic E-state index is 0.0960. The van der Waals surface area contributed by atoms with Crippen molar-refractivity contribution in [3.8, 4) is 11.1 Å². The number of carbonyl (C=O) groups excluding carboxylic acids is 2. The van der Waals surface area contributed by atoms with E-state index in [1.54, 1.807) is 6.92 Å². The van der Waals surface area contributed by atoms with E-state index in [1.165, 1.54) is 0 Å². The van der Waals surface area contributed by atoms with Crippen LogP contribution in [0.2, 0.25) is 0 Å². The van der Waals surface area contributed by atoms with Crippen LogP contribution < -0.4 is 10.6 Å². The van der Waals surface area contributed by atoms with Gasteiger partial charge in [-0.05, 0) is 34.7 Å². The van der Waals surface area contributed by atoms with Crippen molar-refractivity contribution in [3.63, 3.8) is 0 Å². The molecule has 3 aromatic carbocycles. The summed E-state index contributed by atoms with van der Waals surface area (Å²) in [6.07, 6.45) is -1.64. The minimum atomic E-state index is -1.35. The van der Waals surface area contributed by atoms with Gasteiger partial charge in [0.05, 0.1) is 12.7 Å². The first kappa shape index (κ1) is 26.6. The van der Waals surface area contributed by atoms with Gasteiger partial charge in [0.15, 0.2) is 6.04 Å². The van der Waals surface area contributed by atoms with Crippen LogP contribution in [0.4, 0.5) is 10.7 Å². The Bertz CT molecular complexity index is 1480. The molecule has 0 aliphatic heterocycles. The Balaban J connectivity index is 1.16. The predicted molar refractivity (Wildman–Crippen MR) is 145 cm³/mol. The average Bonchev–Trinajstić information content (AvgIpc) is 3.56. The highest BCUT2D eigenvalue weighted by Crippen LogP contribution is 2.44. The number of hydrogen-bond donors (Lipinski definition) is 4. The molecule has 204 valence electrons. The third-order valence-electron chi connectivity index (χ3n) is 6.64. The fraction of sp³-hybridized carbons (Fsp3) is 0.207. The number of ether oxygens (including phenoxy) is 2. The highest BCUT2D eigenvalue weighted by Gasteiger charge is 2.30. The van der Waals surface area contributed by atoms with Crippen LogP contribution in [0.25, 0.3) is 11.1 Å². The van der Waals surface area contributed by atoms with Gasteiger partial charge >= 0.3 is 12.1 Å². The van der Waals surface area contributed by atoms with Gasteiger partial charge < -0.3 is 19.9 Å². The lowest BCUT2D eigenvalue weighted by atomic mass is 9.98. The van der Waals surface area contributed by atoms with E-state index in [2.05, 4.69) is 25.8 Å². The normalized spacial score (nSPS) is 13.5. The number of amides is 2. The second-order valence-corrected chi connectivity index (χ2v) is 9.25. The summed E-state index contributed by atoms with van der Waals surface area (Å²) in [5.74, 6) is -2.69. The molecule has 2 atom stereocenters. The number of aromatic nitrogens is 3. The molecule has 0 spiro atoms. The van der Waals surface area contributed by atoms with Crippen LogP contribution in [0.5, 0.6) is 0 Å². The fourth-order valence-electron chi connectivity index (χ4n) is 4.63. The van der Waals surface area contributed by atoms with E-state index >= 15 is 0 Å². The lowest BCUT2D eigenvalue weighted by molar-refractivity contribution is -0.143. The van der Waals surface area contributed by atoms with Crippen LogP contribution in [-0.2, 0) is 20.9 Å². The van der Waals surface area contributed by atoms with E-state index in [0.717, 1.165) is 27.8 Å². The Morgan fingerprint density at radius 3 is 2.23 bits per heavy atom. The molecule has 5 rings (SSSR count). The molecule has 11 heteroatoms. The largest absolute Gasteiger partial charge is 0.480 e. The second-order valence-electron chi connectivity index (χ2n) is 9.25. The topological polar surface area (TPSA) is 156 Å². The molecule has 0 bridgehead atoms. The summed E-state index contributed by atoms with van der Waals surface area (Å²) in [6.45, 7) is 1.82. The zero-order chi connectivity index (χ0) is 28.1. The van der Waals surface area contributed by atoms with Crippen molar-refractivity contribution in [2.24, 2.45) is 0 Å². The molecule has 4 aromatic rings. The van der Waals surface area contributed by atoms with Crippen molar-refractivity contribution in [1.29, 1.82) is 0 Å². The molecule has 1 aliphatic carbocycles. The van der Waals surface area contributed by atoms with Crippen molar-refractivity contribution in [2.45, 2.75) is 31.6 Å². The number of carbonyl (C=O) groups is 3. The smallest absolute Gasteiger partial charge is 0.414 e. The third-order valence-corrected chi connectivity index (χ3v) is 6.64. The molecule has 1 aliphatic rings. The first-order valence-corrected chi connectivity index (χ1v) is 12.6. The van der Waals surface area contributed by atoms with Crippen LogP contribution in [-0.4, -0.2) is 57.0 Å². The SMILES string of the molecule is C[C@@H](OCc1ccccc1)[C@H](NC(=O)c1nc(NC(=O)OCC2c3ccccc3-c3ccccc32)n[nH]1)C(=O)O. The summed E-state index contributed by atoms with van der Waals surface area (Å²) in [5.41, 5.74) is 5.22. The summed E-state index contributed by atoms with van der Waals surface area (Å²) < 4.78 is 11.1. The van der Waals surface area contributed by atoms with Gasteiger partial charge in [0, 0.05) is 5.92 Å². The van der Waals surface area contributed by atoms with Crippen molar-refractivity contribution >= 4 is 23.9 Å². The maximum atomic E-state index is 12.7. The van der Waals surface area contributed by atoms with Gasteiger partial charge in [-0.25, -0.2) is 9.59 Å². The number of nitrogens with one attached hydrogen (secondary N) is 3. The summed E-state index contributed by atoms with van der Waals surface area (Å²) in [4.78, 5) is 40.9. The number of aromatic amines is 1. The standard InChI is InChI=1S/C29H27N5O6/c1-17(39-15-18-9-3-2-4-10-18)24(27(36)37)30-26(35)25-31-28(34-33-25)32-29(38)40-16-23-21-13-7-5-11-19(21)20-12-6-8-14-22(20)23/h2-14,17,23-24H,15-16H2,1H3,(H,30,35)(H,36,37)(H2,31,32,33,34,38)/t17-,24+/m1/s1. The lowest BCUT2D eigenvalue weighted by Gasteiger charge is -2.21. The zero-order valence-electron chi connectivity index (χ0n) is 21.5. The Labute approximate surface area is 229 Å². The molecule has 1 heterocycles. The maximum Gasteiger partial charge on any atom is 0.414 e. The highest BCUT2D eigenvalue weighted by atomic mass is 16.5. The van der Waals surface area contributed by atoms with Gasteiger partial charge in [0.2, 0.25) is 5.82 Å². The second kappa shape index (κ2) is 11.8. The zero-order valence-corrected chi connectivity index (χ0v) is 21.5. The number of anilines is 1. The molecule has 0 radical (unpaired) electrons. The number of hydrogen-bond acceptors (Lipinski definition) is 7. The summed E-state index contributed by atoms with van der Waals surface area (Å²) in [5, 5.41) is 20.6. The maximum absolute atomic E-state index is 12.7. The van der Waals surface area contributed by atoms with E-state index in [1.807, 2.05) is 78.9 Å². The molecule has 0 unspecified atom stereocenters. The molecule has 2 amide bonds. The summed E-state index contributed by atoms with van der Waals surface area (Å²) in [6, 6.07) is 23.8. The minimum Gasteiger partial charge on any atom is -0.480 e. The first-order chi connectivity index (χ1) is 19.4. The number of rotatable bonds is 10. The van der Waals surface area contributed by atoms with Crippen LogP contribution in [0.15, 0.2) is 78.9 Å². The monoisotopic (exact) mass is 541 g/mol. The fourth-order valence-corrected chi connectivity index (χ4v) is 4.63. The summed E-state index contributed by atoms with van der Waals surface area (Å²) in [7, 11) is 0. The predicted octanol–water partition coefficient (Wildman–Crippen LogP) is 3.95. The molecule has 4 N–H and O–H groups in total. The Morgan fingerprint density at radius 1 is 0.950 bits per heavy atom. The molecule has 11 nitrogen and oxygen atoms in total. The van der Waals surface area contributed by atoms with E-state index in [9.17, 15) is 19.5 Å². The van der Waals surface area contributed by atoms with Gasteiger partial charge in [0.1, 0.15) is 6.61 Å². The number of carboxylic acids is 1. The molecular formula is C29H27N5O6. The number of fused-ring (bicyclic) bond motifs is 3. The highest BCUT2D eigenvalue weighted by molar-refractivity contribution is 5.94. The Hall–Kier alpha value is -5.03. The summed E-state index contributed by atoms with van der Waals surface area (Å²) >= 11 is 0. The van der Waals surface area contributed by atoms with E-state index in [0.29, 0.717) is 0 Å². The quantitative estimate of drug-likeness (QED) is 0.235. The Morgan fingerprint density at radius 2 is 1.57 bits per heavy atom. The van der Waals surface area contributed by atoms with Crippen LogP contribution in [0.3, 0.4) is 0 Å². The molecule has 0 saturated carbocycles. The van der Waals surface area contributed by atoms with Crippen LogP contribution in [0, 0.1) is 0 Å². The molecular weight excluding hydrogens is 514 g/mol. The van der Waals surface area contributed by atoms with Gasteiger partial charge in [-0.2, -0.15) is 4.98 Å². The molecule has 40 heavy (non-hydrogen) atoms. The van der Waals surface area contributed by atoms with Crippen molar-refractivity contribution in [2.75, 3.05) is 11.9 Å². The Kier molecular flexibility index (Phi) is 7.83. The van der Waals surface area contributed by atoms with Crippen LogP contribution >= 0.6 is 0 Å². The van der Waals surface area contributed by atoms with Crippen molar-refractivity contribution < 1.29 is 29.0 Å². The van der Waals surface area contributed by atoms with Crippen molar-refractivity contribution in [3.05, 3.63) is 101 Å². The number of H-pyrrole nitrogens is 1. The number of aliphatic carboxylic acids is 1. The van der Waals surface area contributed by atoms with E-state index in [4.69, 9.17) is 9.47 Å². The van der Waals surface area contributed by atoms with E-state index in [-0.39, 0.29) is 30.9 Å². The number of benzene rings is 3. The molecule has 0 saturated heterocycles. The third kappa shape index (κ3) is 5.84. The van der Waals surface area contributed by atoms with Crippen LogP contribution in [0.1, 0.15) is 40.2 Å². The number of carboxylic acid groups (broad SMARTS) is 1. The molecule has 1 aromatic heterocycles. The van der Waals surface area contributed by atoms with Gasteiger partial charge in [-0.1, -0.05) is 78.9 Å². The molecule has 0 fully saturated rings.